The van der Waals surface area contributed by atoms with Crippen LogP contribution in [-0.2, 0) is 0 Å². The highest BCUT2D eigenvalue weighted by Crippen LogP contribution is 2.25. The summed E-state index contributed by atoms with van der Waals surface area (Å²) in [6.45, 7) is 6.23. The van der Waals surface area contributed by atoms with Gasteiger partial charge >= 0.3 is 0 Å². The maximum atomic E-state index is 5.89. The second-order valence-corrected chi connectivity index (χ2v) is 7.98. The van der Waals surface area contributed by atoms with Crippen molar-refractivity contribution in [2.75, 3.05) is 31.6 Å². The summed E-state index contributed by atoms with van der Waals surface area (Å²) in [5.74, 6) is 1.46. The summed E-state index contributed by atoms with van der Waals surface area (Å²) in [6.07, 6.45) is 2.62. The summed E-state index contributed by atoms with van der Waals surface area (Å²) in [5, 5.41) is 8.01. The lowest BCUT2D eigenvalue weighted by molar-refractivity contribution is 0.238. The van der Waals surface area contributed by atoms with Crippen molar-refractivity contribution in [3.05, 3.63) is 72.3 Å². The molecule has 0 unspecified atom stereocenters. The molecule has 31 heavy (non-hydrogen) atoms. The summed E-state index contributed by atoms with van der Waals surface area (Å²) in [5.41, 5.74) is 5.13. The number of aryl methyl sites for hydroxylation is 1. The Morgan fingerprint density at radius 3 is 2.55 bits per heavy atom. The molecule has 1 fully saturated rings. The Bertz CT molecular complexity index is 1160. The maximum Gasteiger partial charge on any atom is 0.247 e. The van der Waals surface area contributed by atoms with Crippen LogP contribution in [0.25, 0.3) is 16.9 Å². The zero-order chi connectivity index (χ0) is 21.0. The Morgan fingerprint density at radius 2 is 1.74 bits per heavy atom. The van der Waals surface area contributed by atoms with Crippen LogP contribution >= 0.6 is 0 Å². The van der Waals surface area contributed by atoms with Crippen molar-refractivity contribution in [3.8, 4) is 17.0 Å². The van der Waals surface area contributed by atoms with Gasteiger partial charge in [-0.15, -0.1) is 5.10 Å². The van der Waals surface area contributed by atoms with Crippen molar-refractivity contribution < 1.29 is 4.74 Å². The Balaban J connectivity index is 1.28. The lowest BCUT2D eigenvalue weighted by Gasteiger charge is -2.15. The van der Waals surface area contributed by atoms with Gasteiger partial charge in [0.2, 0.25) is 5.95 Å². The van der Waals surface area contributed by atoms with E-state index in [9.17, 15) is 0 Å². The number of hydrogen-bond acceptors (Lipinski definition) is 5. The monoisotopic (exact) mass is 413 g/mol. The number of hydrogen-bond donors (Lipinski definition) is 1. The molecular formula is C25H27N5O. The average molecular weight is 414 g/mol. The van der Waals surface area contributed by atoms with Crippen LogP contribution in [0.2, 0.25) is 0 Å². The van der Waals surface area contributed by atoms with E-state index in [4.69, 9.17) is 9.84 Å². The van der Waals surface area contributed by atoms with Crippen LogP contribution in [0.3, 0.4) is 0 Å². The zero-order valence-electron chi connectivity index (χ0n) is 17.8. The number of ether oxygens (including phenoxy) is 1. The van der Waals surface area contributed by atoms with Crippen molar-refractivity contribution in [1.29, 1.82) is 0 Å². The third kappa shape index (κ3) is 4.39. The molecule has 0 amide bonds. The summed E-state index contributed by atoms with van der Waals surface area (Å²) < 4.78 is 7.78. The first-order valence-electron chi connectivity index (χ1n) is 10.9. The summed E-state index contributed by atoms with van der Waals surface area (Å²) in [6, 6.07) is 22.3. The number of benzene rings is 2. The van der Waals surface area contributed by atoms with Crippen molar-refractivity contribution in [3.63, 3.8) is 0 Å². The molecule has 6 heteroatoms. The van der Waals surface area contributed by atoms with Crippen molar-refractivity contribution in [2.24, 2.45) is 0 Å². The maximum absolute atomic E-state index is 5.89. The second-order valence-electron chi connectivity index (χ2n) is 7.98. The Labute approximate surface area is 182 Å². The third-order valence-corrected chi connectivity index (χ3v) is 5.77. The van der Waals surface area contributed by atoms with Gasteiger partial charge in [0.05, 0.1) is 5.69 Å². The molecule has 0 radical (unpaired) electrons. The predicted molar refractivity (Wildman–Crippen MR) is 124 cm³/mol. The third-order valence-electron chi connectivity index (χ3n) is 5.77. The normalized spacial score (nSPS) is 14.2. The fraction of sp³-hybridized carbons (Fsp3) is 0.280. The van der Waals surface area contributed by atoms with Crippen LogP contribution in [0, 0.1) is 6.92 Å². The molecule has 1 saturated heterocycles. The molecule has 0 aliphatic carbocycles. The molecule has 1 aliphatic rings. The molecule has 4 aromatic rings. The van der Waals surface area contributed by atoms with Crippen LogP contribution in [0.5, 0.6) is 5.75 Å². The van der Waals surface area contributed by atoms with Crippen LogP contribution < -0.4 is 10.1 Å². The minimum absolute atomic E-state index is 0.573. The molecular weight excluding hydrogens is 386 g/mol. The summed E-state index contributed by atoms with van der Waals surface area (Å²) in [4.78, 5) is 7.10. The number of nitrogens with one attached hydrogen (secondary N) is 1. The van der Waals surface area contributed by atoms with Crippen LogP contribution in [0.4, 0.5) is 11.6 Å². The van der Waals surface area contributed by atoms with E-state index in [1.54, 1.807) is 0 Å². The molecule has 5 rings (SSSR count). The highest BCUT2D eigenvalue weighted by Gasteiger charge is 2.12. The Morgan fingerprint density at radius 1 is 0.935 bits per heavy atom. The Hall–Kier alpha value is -3.38. The molecule has 2 aromatic carbocycles. The zero-order valence-corrected chi connectivity index (χ0v) is 17.8. The first-order valence-corrected chi connectivity index (χ1v) is 10.9. The molecule has 0 saturated carbocycles. The van der Waals surface area contributed by atoms with Gasteiger partial charge in [-0.05, 0) is 74.8 Å². The molecule has 158 valence electrons. The standard InChI is InChI=1S/C25H27N5O/c1-19-7-2-3-8-22(19)23-9-6-10-24-27-25(28-30(23)24)26-20-11-13-21(14-12-20)31-18-17-29-15-4-5-16-29/h2-3,6-14H,4-5,15-18H2,1H3,(H,26,28). The van der Waals surface area contributed by atoms with Gasteiger partial charge < -0.3 is 10.1 Å². The van der Waals surface area contributed by atoms with Gasteiger partial charge in [-0.1, -0.05) is 30.3 Å². The average Bonchev–Trinajstić information content (AvgIpc) is 3.45. The quantitative estimate of drug-likeness (QED) is 0.466. The van der Waals surface area contributed by atoms with Gasteiger partial charge in [-0.25, -0.2) is 4.52 Å². The van der Waals surface area contributed by atoms with E-state index in [-0.39, 0.29) is 0 Å². The fourth-order valence-electron chi connectivity index (χ4n) is 4.08. The summed E-state index contributed by atoms with van der Waals surface area (Å²) >= 11 is 0. The molecule has 2 aromatic heterocycles. The number of rotatable bonds is 7. The van der Waals surface area contributed by atoms with Gasteiger partial charge in [-0.2, -0.15) is 4.98 Å². The Kier molecular flexibility index (Phi) is 5.54. The first kappa shape index (κ1) is 19.6. The van der Waals surface area contributed by atoms with Gasteiger partial charge in [0, 0.05) is 17.8 Å². The van der Waals surface area contributed by atoms with Crippen molar-refractivity contribution >= 4 is 17.3 Å². The lowest BCUT2D eigenvalue weighted by atomic mass is 10.1. The number of pyridine rings is 1. The highest BCUT2D eigenvalue weighted by molar-refractivity contribution is 5.67. The van der Waals surface area contributed by atoms with E-state index in [1.807, 2.05) is 53.0 Å². The number of anilines is 2. The molecule has 1 aliphatic heterocycles. The minimum atomic E-state index is 0.573. The fourth-order valence-corrected chi connectivity index (χ4v) is 4.08. The largest absolute Gasteiger partial charge is 0.492 e. The first-order chi connectivity index (χ1) is 15.3. The number of nitrogens with zero attached hydrogens (tertiary/aromatic N) is 4. The summed E-state index contributed by atoms with van der Waals surface area (Å²) in [7, 11) is 0. The molecule has 0 spiro atoms. The minimum Gasteiger partial charge on any atom is -0.492 e. The van der Waals surface area contributed by atoms with Crippen LogP contribution in [0.15, 0.2) is 66.7 Å². The van der Waals surface area contributed by atoms with Gasteiger partial charge in [-0.3, -0.25) is 4.90 Å². The van der Waals surface area contributed by atoms with E-state index < -0.39 is 0 Å². The van der Waals surface area contributed by atoms with Crippen molar-refractivity contribution in [1.82, 2.24) is 19.5 Å². The molecule has 3 heterocycles. The van der Waals surface area contributed by atoms with E-state index in [0.717, 1.165) is 41.5 Å². The SMILES string of the molecule is Cc1ccccc1-c1cccc2nc(Nc3ccc(OCCN4CCCC4)cc3)nn12. The predicted octanol–water partition coefficient (Wildman–Crippen LogP) is 4.92. The molecule has 1 N–H and O–H groups in total. The number of likely N-dealkylation sites (tertiary alicyclic amines) is 1. The van der Waals surface area contributed by atoms with E-state index in [2.05, 4.69) is 40.3 Å². The van der Waals surface area contributed by atoms with E-state index >= 15 is 0 Å². The molecule has 0 atom stereocenters. The second kappa shape index (κ2) is 8.78. The van der Waals surface area contributed by atoms with Gasteiger partial charge in [0.1, 0.15) is 12.4 Å². The smallest absolute Gasteiger partial charge is 0.247 e. The molecule has 0 bridgehead atoms. The topological polar surface area (TPSA) is 54.7 Å². The number of aromatic nitrogens is 3. The van der Waals surface area contributed by atoms with Crippen LogP contribution in [0.1, 0.15) is 18.4 Å². The molecule has 6 nitrogen and oxygen atoms in total. The van der Waals surface area contributed by atoms with E-state index in [1.165, 1.54) is 31.5 Å². The lowest BCUT2D eigenvalue weighted by Crippen LogP contribution is -2.25. The number of fused-ring (bicyclic) bond motifs is 1. The van der Waals surface area contributed by atoms with Gasteiger partial charge in [0.25, 0.3) is 0 Å². The van der Waals surface area contributed by atoms with E-state index in [0.29, 0.717) is 5.95 Å². The van der Waals surface area contributed by atoms with Crippen molar-refractivity contribution in [2.45, 2.75) is 19.8 Å². The van der Waals surface area contributed by atoms with Crippen LogP contribution in [-0.4, -0.2) is 45.7 Å². The van der Waals surface area contributed by atoms with Gasteiger partial charge in [0.15, 0.2) is 5.65 Å². The highest BCUT2D eigenvalue weighted by atomic mass is 16.5.